The van der Waals surface area contributed by atoms with Crippen LogP contribution in [0.3, 0.4) is 0 Å². The number of halogens is 1. The van der Waals surface area contributed by atoms with Crippen LogP contribution in [0.2, 0.25) is 8.72 Å². The van der Waals surface area contributed by atoms with Crippen molar-refractivity contribution in [3.05, 3.63) is 0 Å². The molecule has 0 spiro atoms. The van der Waals surface area contributed by atoms with Gasteiger partial charge in [-0.05, 0) is 20.8 Å². The average molecular weight is 207 g/mol. The molecule has 0 N–H and O–H groups in total. The molecule has 1 atom stereocenters. The van der Waals surface area contributed by atoms with Gasteiger partial charge in [0.15, 0.2) is 0 Å². The summed E-state index contributed by atoms with van der Waals surface area (Å²) in [6, 6.07) is 0. The van der Waals surface area contributed by atoms with Crippen LogP contribution in [0.5, 0.6) is 0 Å². The van der Waals surface area contributed by atoms with E-state index in [1.54, 1.807) is 0 Å². The molecule has 0 heterocycles. The van der Waals surface area contributed by atoms with E-state index in [1.165, 1.54) is 0 Å². The van der Waals surface area contributed by atoms with E-state index in [4.69, 9.17) is 4.43 Å². The molecule has 0 bridgehead atoms. The van der Waals surface area contributed by atoms with Gasteiger partial charge in [0.05, 0.1) is 0 Å². The molecular formula is C7H19ClMgOSi. The van der Waals surface area contributed by atoms with E-state index in [9.17, 15) is 0 Å². The first-order valence-corrected chi connectivity index (χ1v) is 7.72. The number of hydrogen-bond acceptors (Lipinski definition) is 1. The van der Waals surface area contributed by atoms with E-state index >= 15 is 0 Å². The first-order valence-electron chi connectivity index (χ1n) is 4.09. The molecule has 0 fully saturated rings. The third-order valence-electron chi connectivity index (χ3n) is 1.50. The van der Waals surface area contributed by atoms with Crippen LogP contribution in [0.1, 0.15) is 27.7 Å². The largest absolute Gasteiger partial charge is 0.421 e. The second-order valence-electron chi connectivity index (χ2n) is 3.94. The Morgan fingerprint density at radius 2 is 1.82 bits per heavy atom. The highest BCUT2D eigenvalue weighted by Gasteiger charge is 2.11. The number of rotatable bonds is 3. The highest BCUT2D eigenvalue weighted by Crippen LogP contribution is 2.09. The van der Waals surface area contributed by atoms with Gasteiger partial charge >= 0.3 is 20.4 Å². The summed E-state index contributed by atoms with van der Waals surface area (Å²) in [7, 11) is -0.207. The molecule has 0 radical (unpaired) electrons. The fraction of sp³-hybridized carbons (Fsp3) is 1.00. The van der Waals surface area contributed by atoms with Gasteiger partial charge in [-0.3, -0.25) is 0 Å². The van der Waals surface area contributed by atoms with Gasteiger partial charge in [-0.25, -0.2) is 0 Å². The zero-order valence-corrected chi connectivity index (χ0v) is 12.0. The molecule has 1 nitrogen and oxygen atoms in total. The third-order valence-corrected chi connectivity index (χ3v) is 6.93. The zero-order valence-electron chi connectivity index (χ0n) is 8.31. The maximum absolute atomic E-state index is 5.76. The highest BCUT2D eigenvalue weighted by atomic mass is 35.5. The Balaban J connectivity index is 0. The van der Waals surface area contributed by atoms with E-state index in [1.807, 2.05) is 0 Å². The summed E-state index contributed by atoms with van der Waals surface area (Å²) < 4.78 is 6.73. The molecule has 66 valence electrons. The first kappa shape index (κ1) is 14.7. The van der Waals surface area contributed by atoms with Crippen LogP contribution in [0.4, 0.5) is 0 Å². The third kappa shape index (κ3) is 11.2. The van der Waals surface area contributed by atoms with Crippen LogP contribution in [0.15, 0.2) is 0 Å². The Hall–Kier alpha value is 1.23. The molecule has 0 aromatic heterocycles. The molecular weight excluding hydrogens is 188 g/mol. The van der Waals surface area contributed by atoms with Crippen LogP contribution in [0, 0.1) is 0 Å². The van der Waals surface area contributed by atoms with Gasteiger partial charge in [0.1, 0.15) is 9.76 Å². The Bertz CT molecular complexity index is 94.9. The summed E-state index contributed by atoms with van der Waals surface area (Å²) in [5, 5.41) is 2.36. The fourth-order valence-electron chi connectivity index (χ4n) is 0.510. The Morgan fingerprint density at radius 1 is 1.36 bits per heavy atom. The van der Waals surface area contributed by atoms with Gasteiger partial charge in [0.2, 0.25) is 0 Å². The summed E-state index contributed by atoms with van der Waals surface area (Å²) in [4.78, 5) is 0. The van der Waals surface area contributed by atoms with Crippen LogP contribution in [-0.4, -0.2) is 35.7 Å². The average Bonchev–Trinajstić information content (AvgIpc) is 1.81. The molecule has 0 aliphatic carbocycles. The molecule has 0 aromatic rings. The highest BCUT2D eigenvalue weighted by molar-refractivity contribution is 6.54. The van der Waals surface area contributed by atoms with Crippen molar-refractivity contribution in [3.63, 3.8) is 0 Å². The van der Waals surface area contributed by atoms with Crippen LogP contribution >= 0.6 is 12.4 Å². The monoisotopic (exact) mass is 206 g/mol. The van der Waals surface area contributed by atoms with Crippen LogP contribution in [-0.2, 0) is 4.43 Å². The lowest BCUT2D eigenvalue weighted by Gasteiger charge is -2.22. The quantitative estimate of drug-likeness (QED) is 0.641. The Kier molecular flexibility index (Phi) is 9.00. The Morgan fingerprint density at radius 3 is 2.09 bits per heavy atom. The molecule has 11 heavy (non-hydrogen) atoms. The molecule has 0 aliphatic heterocycles. The van der Waals surface area contributed by atoms with Crippen molar-refractivity contribution in [2.24, 2.45) is 0 Å². The van der Waals surface area contributed by atoms with E-state index in [0.29, 0.717) is 0 Å². The van der Waals surface area contributed by atoms with Crippen molar-refractivity contribution in [2.45, 2.75) is 42.0 Å². The van der Waals surface area contributed by atoms with Crippen molar-refractivity contribution < 1.29 is 4.43 Å². The Labute approximate surface area is 88.7 Å². The minimum atomic E-state index is -0.207. The van der Waals surface area contributed by atoms with E-state index in [0.717, 1.165) is 3.67 Å². The van der Waals surface area contributed by atoms with Crippen molar-refractivity contribution in [1.29, 1.82) is 0 Å². The standard InChI is InChI=1S/C6H15OSi.CH3.ClH.Mg/c1-5-8-7-6(2,3)4;;;/h5H,8H2,1-4H3;1H3;1H;. The summed E-state index contributed by atoms with van der Waals surface area (Å²) in [6.07, 6.45) is 0. The SMILES string of the molecule is Cl.[CH3][Mg][CH](C)[SiH2]OC(C)(C)C. The summed E-state index contributed by atoms with van der Waals surface area (Å²) in [5.41, 5.74) is 0.115. The number of hydrogen-bond donors (Lipinski definition) is 0. The van der Waals surface area contributed by atoms with Crippen molar-refractivity contribution in [1.82, 2.24) is 0 Å². The van der Waals surface area contributed by atoms with E-state index in [2.05, 4.69) is 32.7 Å². The van der Waals surface area contributed by atoms with Gasteiger partial charge in [-0.2, -0.15) is 5.05 Å². The molecule has 0 amide bonds. The lowest BCUT2D eigenvalue weighted by atomic mass is 10.2. The minimum absolute atomic E-state index is 0. The molecule has 0 saturated heterocycles. The van der Waals surface area contributed by atoms with Crippen molar-refractivity contribution in [2.75, 3.05) is 0 Å². The maximum Gasteiger partial charge on any atom is 0.363 e. The van der Waals surface area contributed by atoms with E-state index < -0.39 is 0 Å². The summed E-state index contributed by atoms with van der Waals surface area (Å²) in [6.45, 7) is 8.77. The minimum Gasteiger partial charge on any atom is -0.421 e. The summed E-state index contributed by atoms with van der Waals surface area (Å²) >= 11 is 0.206. The smallest absolute Gasteiger partial charge is 0.363 e. The molecule has 0 aliphatic rings. The van der Waals surface area contributed by atoms with Gasteiger partial charge < -0.3 is 4.43 Å². The topological polar surface area (TPSA) is 9.23 Å². The van der Waals surface area contributed by atoms with Crippen molar-refractivity contribution >= 4 is 42.5 Å². The second kappa shape index (κ2) is 6.72. The van der Waals surface area contributed by atoms with E-state index in [-0.39, 0.29) is 48.1 Å². The van der Waals surface area contributed by atoms with Crippen molar-refractivity contribution in [3.8, 4) is 0 Å². The molecule has 0 aromatic carbocycles. The van der Waals surface area contributed by atoms with Gasteiger partial charge in [-0.1, -0.05) is 6.92 Å². The molecule has 4 heteroatoms. The predicted molar refractivity (Wildman–Crippen MR) is 57.7 cm³/mol. The lowest BCUT2D eigenvalue weighted by molar-refractivity contribution is 0.137. The summed E-state index contributed by atoms with van der Waals surface area (Å²) in [5.74, 6) is 0. The zero-order chi connectivity index (χ0) is 8.20. The molecule has 0 rings (SSSR count). The van der Waals surface area contributed by atoms with Crippen LogP contribution < -0.4 is 0 Å². The first-order chi connectivity index (χ1) is 4.45. The van der Waals surface area contributed by atoms with Gasteiger partial charge in [0, 0.05) is 5.60 Å². The lowest BCUT2D eigenvalue weighted by Crippen LogP contribution is -2.24. The normalized spacial score (nSPS) is 14.3. The fourth-order valence-corrected chi connectivity index (χ4v) is 2.59. The molecule has 0 saturated carbocycles. The van der Waals surface area contributed by atoms with Crippen LogP contribution in [0.25, 0.3) is 0 Å². The van der Waals surface area contributed by atoms with Gasteiger partial charge in [0.25, 0.3) is 0 Å². The maximum atomic E-state index is 5.76. The second-order valence-corrected chi connectivity index (χ2v) is 9.32. The molecule has 1 unspecified atom stereocenters. The van der Waals surface area contributed by atoms with Gasteiger partial charge in [-0.15, -0.1) is 16.1 Å². The predicted octanol–water partition coefficient (Wildman–Crippen LogP) is 1.83.